The SMILES string of the molecule is COC(=O)CCCN1Cc2ccccc2OC[C@H]1C. The fourth-order valence-corrected chi connectivity index (χ4v) is 2.29. The van der Waals surface area contributed by atoms with Crippen molar-refractivity contribution >= 4 is 5.97 Å². The summed E-state index contributed by atoms with van der Waals surface area (Å²) in [7, 11) is 1.43. The highest BCUT2D eigenvalue weighted by Gasteiger charge is 2.20. The molecule has 4 heteroatoms. The third-order valence-corrected chi connectivity index (χ3v) is 3.50. The summed E-state index contributed by atoms with van der Waals surface area (Å²) in [5, 5.41) is 0. The fourth-order valence-electron chi connectivity index (χ4n) is 2.29. The molecule has 1 aromatic rings. The molecule has 1 aliphatic rings. The first kappa shape index (κ1) is 13.9. The molecule has 0 fully saturated rings. The average Bonchev–Trinajstić information content (AvgIpc) is 2.59. The molecule has 0 saturated heterocycles. The Morgan fingerprint density at radius 2 is 2.26 bits per heavy atom. The zero-order valence-electron chi connectivity index (χ0n) is 11.6. The van der Waals surface area contributed by atoms with Crippen LogP contribution in [0, 0.1) is 0 Å². The number of hydrogen-bond donors (Lipinski definition) is 0. The molecular formula is C15H21NO3. The largest absolute Gasteiger partial charge is 0.492 e. The van der Waals surface area contributed by atoms with Crippen molar-refractivity contribution in [2.45, 2.75) is 32.4 Å². The topological polar surface area (TPSA) is 38.8 Å². The van der Waals surface area contributed by atoms with Crippen LogP contribution < -0.4 is 4.74 Å². The number of hydrogen-bond acceptors (Lipinski definition) is 4. The molecule has 1 aromatic carbocycles. The Bertz CT molecular complexity index is 433. The van der Waals surface area contributed by atoms with Gasteiger partial charge < -0.3 is 9.47 Å². The highest BCUT2D eigenvalue weighted by atomic mass is 16.5. The average molecular weight is 263 g/mol. The zero-order valence-corrected chi connectivity index (χ0v) is 11.6. The van der Waals surface area contributed by atoms with Crippen molar-refractivity contribution in [3.63, 3.8) is 0 Å². The summed E-state index contributed by atoms with van der Waals surface area (Å²) in [5.74, 6) is 0.837. The molecule has 104 valence electrons. The van der Waals surface area contributed by atoms with E-state index in [1.165, 1.54) is 12.7 Å². The predicted molar refractivity (Wildman–Crippen MR) is 73.1 cm³/mol. The van der Waals surface area contributed by atoms with Gasteiger partial charge in [0, 0.05) is 24.6 Å². The Labute approximate surface area is 114 Å². The van der Waals surface area contributed by atoms with Crippen molar-refractivity contribution in [1.82, 2.24) is 4.90 Å². The lowest BCUT2D eigenvalue weighted by Gasteiger charge is -2.25. The zero-order chi connectivity index (χ0) is 13.7. The smallest absolute Gasteiger partial charge is 0.305 e. The van der Waals surface area contributed by atoms with Gasteiger partial charge in [-0.05, 0) is 26.0 Å². The van der Waals surface area contributed by atoms with E-state index in [9.17, 15) is 4.79 Å². The standard InChI is InChI=1S/C15H21NO3/c1-12-11-19-14-7-4-3-6-13(14)10-16(12)9-5-8-15(17)18-2/h3-4,6-7,12H,5,8-11H2,1-2H3/t12-/m1/s1. The van der Waals surface area contributed by atoms with E-state index in [-0.39, 0.29) is 5.97 Å². The molecule has 1 aliphatic heterocycles. The van der Waals surface area contributed by atoms with Crippen molar-refractivity contribution in [3.8, 4) is 5.75 Å². The molecule has 4 nitrogen and oxygen atoms in total. The van der Waals surface area contributed by atoms with Crippen LogP contribution in [0.2, 0.25) is 0 Å². The predicted octanol–water partition coefficient (Wildman–Crippen LogP) is 2.22. The number of methoxy groups -OCH3 is 1. The van der Waals surface area contributed by atoms with Crippen molar-refractivity contribution in [2.24, 2.45) is 0 Å². The molecule has 0 N–H and O–H groups in total. The van der Waals surface area contributed by atoms with Crippen LogP contribution in [0.3, 0.4) is 0 Å². The van der Waals surface area contributed by atoms with Gasteiger partial charge >= 0.3 is 5.97 Å². The van der Waals surface area contributed by atoms with E-state index in [1.54, 1.807) is 0 Å². The summed E-state index contributed by atoms with van der Waals surface area (Å²) in [5.41, 5.74) is 1.21. The maximum absolute atomic E-state index is 11.1. The third kappa shape index (κ3) is 3.70. The van der Waals surface area contributed by atoms with E-state index in [4.69, 9.17) is 4.74 Å². The quantitative estimate of drug-likeness (QED) is 0.781. The molecule has 0 bridgehead atoms. The molecule has 0 amide bonds. The monoisotopic (exact) mass is 263 g/mol. The van der Waals surface area contributed by atoms with Gasteiger partial charge in [-0.1, -0.05) is 18.2 Å². The van der Waals surface area contributed by atoms with Gasteiger partial charge in [0.25, 0.3) is 0 Å². The van der Waals surface area contributed by atoms with Gasteiger partial charge in [0.1, 0.15) is 12.4 Å². The molecule has 19 heavy (non-hydrogen) atoms. The molecule has 0 aromatic heterocycles. The second-order valence-corrected chi connectivity index (χ2v) is 4.92. The van der Waals surface area contributed by atoms with Crippen LogP contribution in [0.15, 0.2) is 24.3 Å². The van der Waals surface area contributed by atoms with Gasteiger partial charge in [0.15, 0.2) is 0 Å². The Kier molecular flexibility index (Phi) is 4.80. The van der Waals surface area contributed by atoms with E-state index >= 15 is 0 Å². The van der Waals surface area contributed by atoms with E-state index in [1.807, 2.05) is 18.2 Å². The Morgan fingerprint density at radius 1 is 1.47 bits per heavy atom. The third-order valence-electron chi connectivity index (χ3n) is 3.50. The fraction of sp³-hybridized carbons (Fsp3) is 0.533. The van der Waals surface area contributed by atoms with Gasteiger partial charge in [-0.25, -0.2) is 0 Å². The maximum Gasteiger partial charge on any atom is 0.305 e. The van der Waals surface area contributed by atoms with Crippen LogP contribution in [-0.4, -0.2) is 37.2 Å². The van der Waals surface area contributed by atoms with Crippen molar-refractivity contribution < 1.29 is 14.3 Å². The molecule has 0 aliphatic carbocycles. The lowest BCUT2D eigenvalue weighted by atomic mass is 10.1. The summed E-state index contributed by atoms with van der Waals surface area (Å²) in [4.78, 5) is 13.5. The van der Waals surface area contributed by atoms with Crippen molar-refractivity contribution in [1.29, 1.82) is 0 Å². The minimum Gasteiger partial charge on any atom is -0.492 e. The van der Waals surface area contributed by atoms with E-state index < -0.39 is 0 Å². The lowest BCUT2D eigenvalue weighted by molar-refractivity contribution is -0.140. The number of benzene rings is 1. The summed E-state index contributed by atoms with van der Waals surface area (Å²) in [6, 6.07) is 8.49. The summed E-state index contributed by atoms with van der Waals surface area (Å²) < 4.78 is 10.5. The van der Waals surface area contributed by atoms with E-state index in [0.717, 1.165) is 25.3 Å². The maximum atomic E-state index is 11.1. The second kappa shape index (κ2) is 6.57. The number of rotatable bonds is 4. The van der Waals surface area contributed by atoms with Crippen LogP contribution in [0.1, 0.15) is 25.3 Å². The van der Waals surface area contributed by atoms with Crippen molar-refractivity contribution in [3.05, 3.63) is 29.8 Å². The number of para-hydroxylation sites is 1. The highest BCUT2D eigenvalue weighted by molar-refractivity contribution is 5.69. The first-order valence-corrected chi connectivity index (χ1v) is 6.72. The number of esters is 1. The van der Waals surface area contributed by atoms with E-state index in [2.05, 4.69) is 22.6 Å². The van der Waals surface area contributed by atoms with Crippen LogP contribution in [0.4, 0.5) is 0 Å². The normalized spacial score (nSPS) is 19.2. The number of ether oxygens (including phenoxy) is 2. The summed E-state index contributed by atoms with van der Waals surface area (Å²) >= 11 is 0. The summed E-state index contributed by atoms with van der Waals surface area (Å²) in [6.45, 7) is 4.60. The second-order valence-electron chi connectivity index (χ2n) is 4.92. The Balaban J connectivity index is 1.94. The molecular weight excluding hydrogens is 242 g/mol. The molecule has 2 rings (SSSR count). The minimum atomic E-state index is -0.140. The number of fused-ring (bicyclic) bond motifs is 1. The molecule has 0 saturated carbocycles. The molecule has 0 spiro atoms. The number of carbonyl (C=O) groups is 1. The van der Waals surface area contributed by atoms with Gasteiger partial charge in [0.05, 0.1) is 7.11 Å². The minimum absolute atomic E-state index is 0.140. The van der Waals surface area contributed by atoms with Gasteiger partial charge in [-0.2, -0.15) is 0 Å². The van der Waals surface area contributed by atoms with E-state index in [0.29, 0.717) is 19.1 Å². The molecule has 1 atom stereocenters. The van der Waals surface area contributed by atoms with Gasteiger partial charge in [0.2, 0.25) is 0 Å². The van der Waals surface area contributed by atoms with Crippen molar-refractivity contribution in [2.75, 3.05) is 20.3 Å². The van der Waals surface area contributed by atoms with Crippen LogP contribution >= 0.6 is 0 Å². The van der Waals surface area contributed by atoms with Gasteiger partial charge in [-0.15, -0.1) is 0 Å². The molecule has 0 radical (unpaired) electrons. The first-order valence-electron chi connectivity index (χ1n) is 6.72. The highest BCUT2D eigenvalue weighted by Crippen LogP contribution is 2.24. The Morgan fingerprint density at radius 3 is 3.05 bits per heavy atom. The molecule has 1 heterocycles. The number of nitrogens with zero attached hydrogens (tertiary/aromatic N) is 1. The lowest BCUT2D eigenvalue weighted by Crippen LogP contribution is -2.35. The Hall–Kier alpha value is -1.55. The first-order chi connectivity index (χ1) is 9.20. The van der Waals surface area contributed by atoms with Crippen LogP contribution in [0.5, 0.6) is 5.75 Å². The summed E-state index contributed by atoms with van der Waals surface area (Å²) in [6.07, 6.45) is 1.29. The van der Waals surface area contributed by atoms with Crippen LogP contribution in [0.25, 0.3) is 0 Å². The van der Waals surface area contributed by atoms with Gasteiger partial charge in [-0.3, -0.25) is 9.69 Å². The van der Waals surface area contributed by atoms with Crippen LogP contribution in [-0.2, 0) is 16.1 Å². The number of carbonyl (C=O) groups excluding carboxylic acids is 1. The molecule has 0 unspecified atom stereocenters.